The maximum atomic E-state index is 13.1. The molecule has 1 saturated carbocycles. The number of ether oxygens (including phenoxy) is 2. The summed E-state index contributed by atoms with van der Waals surface area (Å²) < 4.78 is 11.1. The molecule has 4 rings (SSSR count). The molecule has 1 aliphatic carbocycles. The van der Waals surface area contributed by atoms with Gasteiger partial charge >= 0.3 is 0 Å². The van der Waals surface area contributed by atoms with Gasteiger partial charge in [0.1, 0.15) is 6.04 Å². The van der Waals surface area contributed by atoms with E-state index in [0.717, 1.165) is 30.7 Å². The molecule has 1 atom stereocenters. The Morgan fingerprint density at radius 2 is 1.85 bits per heavy atom. The zero-order valence-electron chi connectivity index (χ0n) is 16.2. The molecule has 2 fully saturated rings. The van der Waals surface area contributed by atoms with Crippen LogP contribution in [0.1, 0.15) is 56.1 Å². The van der Waals surface area contributed by atoms with Crippen molar-refractivity contribution in [2.45, 2.75) is 62.9 Å². The number of carbonyl (C=O) groups excluding carboxylic acids is 2. The summed E-state index contributed by atoms with van der Waals surface area (Å²) in [6, 6.07) is 3.77. The Labute approximate surface area is 160 Å². The first kappa shape index (κ1) is 18.1. The first-order chi connectivity index (χ1) is 13.1. The lowest BCUT2D eigenvalue weighted by molar-refractivity contribution is -0.136. The molecule has 2 amide bonds. The van der Waals surface area contributed by atoms with Crippen LogP contribution in [0.5, 0.6) is 11.5 Å². The molecule has 0 bridgehead atoms. The Kier molecular flexibility index (Phi) is 4.74. The van der Waals surface area contributed by atoms with Crippen LogP contribution in [0.25, 0.3) is 0 Å². The van der Waals surface area contributed by atoms with Crippen LogP contribution in [0.2, 0.25) is 0 Å². The van der Waals surface area contributed by atoms with E-state index in [0.29, 0.717) is 25.1 Å². The first-order valence-corrected chi connectivity index (χ1v) is 9.90. The van der Waals surface area contributed by atoms with E-state index in [4.69, 9.17) is 9.47 Å². The first-order valence-electron chi connectivity index (χ1n) is 9.90. The van der Waals surface area contributed by atoms with Crippen molar-refractivity contribution >= 4 is 11.8 Å². The third-order valence-electron chi connectivity index (χ3n) is 6.45. The number of nitrogens with zero attached hydrogens (tertiary/aromatic N) is 1. The van der Waals surface area contributed by atoms with Crippen LogP contribution in [0.4, 0.5) is 0 Å². The molecular formula is C21H28N2O4. The van der Waals surface area contributed by atoms with Gasteiger partial charge in [-0.3, -0.25) is 9.59 Å². The fourth-order valence-corrected chi connectivity index (χ4v) is 5.09. The summed E-state index contributed by atoms with van der Waals surface area (Å²) in [6.45, 7) is 1.28. The molecule has 2 aliphatic heterocycles. The van der Waals surface area contributed by atoms with Crippen molar-refractivity contribution in [3.63, 3.8) is 0 Å². The second-order valence-electron chi connectivity index (χ2n) is 8.06. The van der Waals surface area contributed by atoms with E-state index in [2.05, 4.69) is 11.4 Å². The van der Waals surface area contributed by atoms with Crippen LogP contribution < -0.4 is 14.8 Å². The zero-order valence-corrected chi connectivity index (χ0v) is 16.2. The minimum atomic E-state index is -0.375. The average molecular weight is 372 g/mol. The summed E-state index contributed by atoms with van der Waals surface area (Å²) >= 11 is 0. The highest BCUT2D eigenvalue weighted by atomic mass is 16.5. The number of rotatable bonds is 3. The highest BCUT2D eigenvalue weighted by Gasteiger charge is 2.44. The highest BCUT2D eigenvalue weighted by molar-refractivity contribution is 5.91. The smallest absolute Gasteiger partial charge is 0.245 e. The number of amides is 2. The SMILES string of the molecule is COc1cc2c(cc1OC)C1(CCCCC1)CN(C(=O)C1CCC(=O)N1)C2. The van der Waals surface area contributed by atoms with E-state index >= 15 is 0 Å². The molecule has 2 heterocycles. The van der Waals surface area contributed by atoms with E-state index in [1.54, 1.807) is 14.2 Å². The lowest BCUT2D eigenvalue weighted by atomic mass is 9.66. The number of hydrogen-bond donors (Lipinski definition) is 1. The summed E-state index contributed by atoms with van der Waals surface area (Å²) in [5.41, 5.74) is 2.42. The van der Waals surface area contributed by atoms with Crippen LogP contribution in [-0.4, -0.2) is 43.5 Å². The van der Waals surface area contributed by atoms with Crippen molar-refractivity contribution in [3.05, 3.63) is 23.3 Å². The Morgan fingerprint density at radius 3 is 2.48 bits per heavy atom. The van der Waals surface area contributed by atoms with Crippen molar-refractivity contribution in [3.8, 4) is 11.5 Å². The van der Waals surface area contributed by atoms with Gasteiger partial charge in [0.15, 0.2) is 11.5 Å². The lowest BCUT2D eigenvalue weighted by Gasteiger charge is -2.47. The predicted octanol–water partition coefficient (Wildman–Crippen LogP) is 2.53. The summed E-state index contributed by atoms with van der Waals surface area (Å²) in [7, 11) is 3.31. The molecule has 6 nitrogen and oxygen atoms in total. The Balaban J connectivity index is 1.71. The van der Waals surface area contributed by atoms with Crippen LogP contribution in [-0.2, 0) is 21.5 Å². The van der Waals surface area contributed by atoms with Crippen molar-refractivity contribution in [2.24, 2.45) is 0 Å². The molecule has 146 valence electrons. The quantitative estimate of drug-likeness (QED) is 0.885. The lowest BCUT2D eigenvalue weighted by Crippen LogP contribution is -2.53. The molecule has 6 heteroatoms. The number of fused-ring (bicyclic) bond motifs is 2. The fraction of sp³-hybridized carbons (Fsp3) is 0.619. The largest absolute Gasteiger partial charge is 0.493 e. The van der Waals surface area contributed by atoms with E-state index in [1.165, 1.54) is 24.8 Å². The summed E-state index contributed by atoms with van der Waals surface area (Å²) in [5.74, 6) is 1.48. The highest BCUT2D eigenvalue weighted by Crippen LogP contribution is 2.47. The van der Waals surface area contributed by atoms with Gasteiger partial charge in [-0.25, -0.2) is 0 Å². The van der Waals surface area contributed by atoms with E-state index < -0.39 is 0 Å². The second kappa shape index (κ2) is 7.06. The molecule has 1 unspecified atom stereocenters. The van der Waals surface area contributed by atoms with Gasteiger partial charge in [0.2, 0.25) is 11.8 Å². The zero-order chi connectivity index (χ0) is 19.0. The van der Waals surface area contributed by atoms with Crippen molar-refractivity contribution in [1.82, 2.24) is 10.2 Å². The predicted molar refractivity (Wildman–Crippen MR) is 101 cm³/mol. The van der Waals surface area contributed by atoms with Crippen LogP contribution in [0.15, 0.2) is 12.1 Å². The van der Waals surface area contributed by atoms with Gasteiger partial charge in [0.05, 0.1) is 14.2 Å². The fourth-order valence-electron chi connectivity index (χ4n) is 5.09. The molecule has 1 aromatic rings. The van der Waals surface area contributed by atoms with Gasteiger partial charge in [-0.2, -0.15) is 0 Å². The standard InChI is InChI=1S/C21H28N2O4/c1-26-17-10-14-12-23(20(25)16-6-7-19(24)22-16)13-21(8-4-3-5-9-21)15(14)11-18(17)27-2/h10-11,16H,3-9,12-13H2,1-2H3,(H,22,24). The average Bonchev–Trinajstić information content (AvgIpc) is 3.13. The number of nitrogens with one attached hydrogen (secondary N) is 1. The molecule has 1 spiro atoms. The number of hydrogen-bond acceptors (Lipinski definition) is 4. The molecule has 0 radical (unpaired) electrons. The maximum Gasteiger partial charge on any atom is 0.245 e. The summed E-state index contributed by atoms with van der Waals surface area (Å²) in [6.07, 6.45) is 6.80. The molecular weight excluding hydrogens is 344 g/mol. The Morgan fingerprint density at radius 1 is 1.15 bits per heavy atom. The third kappa shape index (κ3) is 3.15. The summed E-state index contributed by atoms with van der Waals surface area (Å²) in [4.78, 5) is 26.6. The van der Waals surface area contributed by atoms with Gasteiger partial charge in [0.25, 0.3) is 0 Å². The minimum absolute atomic E-state index is 0.0236. The third-order valence-corrected chi connectivity index (χ3v) is 6.45. The van der Waals surface area contributed by atoms with E-state index in [1.807, 2.05) is 11.0 Å². The topological polar surface area (TPSA) is 67.9 Å². The molecule has 1 N–H and O–H groups in total. The molecule has 1 aromatic carbocycles. The molecule has 1 saturated heterocycles. The van der Waals surface area contributed by atoms with Gasteiger partial charge in [0, 0.05) is 24.9 Å². The molecule has 0 aromatic heterocycles. The second-order valence-corrected chi connectivity index (χ2v) is 8.06. The van der Waals surface area contributed by atoms with Gasteiger partial charge < -0.3 is 19.7 Å². The Bertz CT molecular complexity index is 755. The normalized spacial score (nSPS) is 23.7. The van der Waals surface area contributed by atoms with E-state index in [9.17, 15) is 9.59 Å². The number of carbonyl (C=O) groups is 2. The van der Waals surface area contributed by atoms with Crippen LogP contribution in [0.3, 0.4) is 0 Å². The Hall–Kier alpha value is -2.24. The molecule has 3 aliphatic rings. The van der Waals surface area contributed by atoms with Crippen molar-refractivity contribution < 1.29 is 19.1 Å². The van der Waals surface area contributed by atoms with Crippen molar-refractivity contribution in [2.75, 3.05) is 20.8 Å². The maximum absolute atomic E-state index is 13.1. The number of benzene rings is 1. The van der Waals surface area contributed by atoms with Gasteiger partial charge in [-0.15, -0.1) is 0 Å². The van der Waals surface area contributed by atoms with Gasteiger partial charge in [-0.05, 0) is 42.5 Å². The van der Waals surface area contributed by atoms with E-state index in [-0.39, 0.29) is 23.3 Å². The monoisotopic (exact) mass is 372 g/mol. The minimum Gasteiger partial charge on any atom is -0.493 e. The van der Waals surface area contributed by atoms with Crippen molar-refractivity contribution in [1.29, 1.82) is 0 Å². The number of methoxy groups -OCH3 is 2. The summed E-state index contributed by atoms with van der Waals surface area (Å²) in [5, 5.41) is 2.83. The van der Waals surface area contributed by atoms with Gasteiger partial charge in [-0.1, -0.05) is 19.3 Å². The van der Waals surface area contributed by atoms with Crippen LogP contribution in [0, 0.1) is 0 Å². The molecule has 27 heavy (non-hydrogen) atoms. The van der Waals surface area contributed by atoms with Crippen LogP contribution >= 0.6 is 0 Å².